The van der Waals surface area contributed by atoms with Crippen LogP contribution in [-0.2, 0) is 0 Å². The zero-order valence-electron chi connectivity index (χ0n) is 8.41. The Morgan fingerprint density at radius 1 is 0.800 bits per heavy atom. The van der Waals surface area contributed by atoms with Gasteiger partial charge in [-0.25, -0.2) is 0 Å². The first-order chi connectivity index (χ1) is 7.29. The molecule has 0 saturated heterocycles. The van der Waals surface area contributed by atoms with Crippen LogP contribution >= 0.6 is 11.6 Å². The largest absolute Gasteiger partial charge is 0.497 e. The minimum Gasteiger partial charge on any atom is -0.497 e. The monoisotopic (exact) mass is 218 g/mol. The van der Waals surface area contributed by atoms with Gasteiger partial charge in [0.2, 0.25) is 0 Å². The Balaban J connectivity index is 2.33. The molecule has 1 nitrogen and oxygen atoms in total. The summed E-state index contributed by atoms with van der Waals surface area (Å²) in [6.07, 6.45) is 0. The average Bonchev–Trinajstić information content (AvgIpc) is 2.30. The molecule has 2 aromatic rings. The predicted octanol–water partition coefficient (Wildman–Crippen LogP) is 4.02. The number of benzene rings is 2. The van der Waals surface area contributed by atoms with Crippen LogP contribution in [-0.4, -0.2) is 7.11 Å². The van der Waals surface area contributed by atoms with E-state index in [0.29, 0.717) is 0 Å². The zero-order chi connectivity index (χ0) is 10.7. The molecule has 0 amide bonds. The lowest BCUT2D eigenvalue weighted by molar-refractivity contribution is 0.415. The molecule has 0 atom stereocenters. The molecule has 15 heavy (non-hydrogen) atoms. The molecule has 0 spiro atoms. The normalized spacial score (nSPS) is 10.0. The van der Waals surface area contributed by atoms with E-state index < -0.39 is 0 Å². The number of ether oxygens (including phenoxy) is 1. The lowest BCUT2D eigenvalue weighted by Crippen LogP contribution is -1.82. The van der Waals surface area contributed by atoms with Gasteiger partial charge >= 0.3 is 0 Å². The van der Waals surface area contributed by atoms with Crippen molar-refractivity contribution in [3.63, 3.8) is 0 Å². The fourth-order valence-electron chi connectivity index (χ4n) is 1.43. The van der Waals surface area contributed by atoms with Gasteiger partial charge in [-0.1, -0.05) is 35.9 Å². The van der Waals surface area contributed by atoms with Gasteiger partial charge in [0, 0.05) is 5.02 Å². The Labute approximate surface area is 94.3 Å². The Bertz CT molecular complexity index is 431. The summed E-state index contributed by atoms with van der Waals surface area (Å²) in [6, 6.07) is 15.7. The highest BCUT2D eigenvalue weighted by Crippen LogP contribution is 2.23. The van der Waals surface area contributed by atoms with Crippen molar-refractivity contribution < 1.29 is 4.74 Å². The molecule has 0 aromatic heterocycles. The van der Waals surface area contributed by atoms with Crippen LogP contribution in [0.1, 0.15) is 0 Å². The smallest absolute Gasteiger partial charge is 0.118 e. The van der Waals surface area contributed by atoms with Gasteiger partial charge in [-0.2, -0.15) is 0 Å². The van der Waals surface area contributed by atoms with Gasteiger partial charge < -0.3 is 4.74 Å². The first-order valence-corrected chi connectivity index (χ1v) is 5.07. The Morgan fingerprint density at radius 3 is 1.73 bits per heavy atom. The van der Waals surface area contributed by atoms with Crippen molar-refractivity contribution in [3.05, 3.63) is 53.6 Å². The maximum absolute atomic E-state index is 5.83. The molecule has 0 aliphatic heterocycles. The average molecular weight is 219 g/mol. The van der Waals surface area contributed by atoms with E-state index in [9.17, 15) is 0 Å². The fourth-order valence-corrected chi connectivity index (χ4v) is 1.55. The summed E-state index contributed by atoms with van der Waals surface area (Å²) >= 11 is 5.83. The molecule has 2 rings (SSSR count). The number of methoxy groups -OCH3 is 1. The van der Waals surface area contributed by atoms with Crippen LogP contribution in [0.15, 0.2) is 48.5 Å². The Hall–Kier alpha value is -1.47. The van der Waals surface area contributed by atoms with Gasteiger partial charge in [0.05, 0.1) is 7.11 Å². The molecular formula is C13H11ClO. The second-order valence-corrected chi connectivity index (χ2v) is 3.67. The molecule has 2 aromatic carbocycles. The Kier molecular flexibility index (Phi) is 2.93. The zero-order valence-corrected chi connectivity index (χ0v) is 9.16. The van der Waals surface area contributed by atoms with Gasteiger partial charge in [-0.05, 0) is 35.4 Å². The first kappa shape index (κ1) is 10.1. The third-order valence-electron chi connectivity index (χ3n) is 2.27. The lowest BCUT2D eigenvalue weighted by atomic mass is 10.1. The molecule has 0 bridgehead atoms. The van der Waals surface area contributed by atoms with Crippen molar-refractivity contribution in [2.24, 2.45) is 0 Å². The summed E-state index contributed by atoms with van der Waals surface area (Å²) in [5.41, 5.74) is 2.31. The van der Waals surface area contributed by atoms with Crippen molar-refractivity contribution in [1.29, 1.82) is 0 Å². The maximum atomic E-state index is 5.83. The maximum Gasteiger partial charge on any atom is 0.118 e. The molecule has 0 aliphatic carbocycles. The van der Waals surface area contributed by atoms with Crippen LogP contribution in [0.3, 0.4) is 0 Å². The second kappa shape index (κ2) is 4.37. The molecule has 0 fully saturated rings. The van der Waals surface area contributed by atoms with Crippen LogP contribution in [0.5, 0.6) is 5.75 Å². The predicted molar refractivity (Wildman–Crippen MR) is 63.4 cm³/mol. The highest BCUT2D eigenvalue weighted by Gasteiger charge is 1.97. The van der Waals surface area contributed by atoms with E-state index in [-0.39, 0.29) is 0 Å². The van der Waals surface area contributed by atoms with Crippen LogP contribution in [0.2, 0.25) is 5.02 Å². The first-order valence-electron chi connectivity index (χ1n) is 4.69. The highest BCUT2D eigenvalue weighted by atomic mass is 35.5. The summed E-state index contributed by atoms with van der Waals surface area (Å²) in [5.74, 6) is 0.868. The van der Waals surface area contributed by atoms with E-state index in [2.05, 4.69) is 0 Å². The molecule has 0 N–H and O–H groups in total. The minimum atomic E-state index is 0.757. The van der Waals surface area contributed by atoms with Gasteiger partial charge in [0.15, 0.2) is 0 Å². The number of rotatable bonds is 2. The van der Waals surface area contributed by atoms with E-state index in [1.54, 1.807) is 7.11 Å². The number of hydrogen-bond acceptors (Lipinski definition) is 1. The summed E-state index contributed by atoms with van der Waals surface area (Å²) in [7, 11) is 1.66. The molecule has 76 valence electrons. The summed E-state index contributed by atoms with van der Waals surface area (Å²) < 4.78 is 5.10. The topological polar surface area (TPSA) is 9.23 Å². The Morgan fingerprint density at radius 2 is 1.27 bits per heavy atom. The van der Waals surface area contributed by atoms with Gasteiger partial charge in [-0.15, -0.1) is 0 Å². The minimum absolute atomic E-state index is 0.757. The molecule has 0 saturated carbocycles. The van der Waals surface area contributed by atoms with Crippen molar-refractivity contribution >= 4 is 11.6 Å². The van der Waals surface area contributed by atoms with Gasteiger partial charge in [0.25, 0.3) is 0 Å². The van der Waals surface area contributed by atoms with E-state index in [1.807, 2.05) is 48.5 Å². The molecule has 0 radical (unpaired) electrons. The van der Waals surface area contributed by atoms with Crippen molar-refractivity contribution in [2.75, 3.05) is 7.11 Å². The third kappa shape index (κ3) is 2.31. The van der Waals surface area contributed by atoms with Crippen LogP contribution in [0.25, 0.3) is 11.1 Å². The van der Waals surface area contributed by atoms with E-state index in [0.717, 1.165) is 21.9 Å². The van der Waals surface area contributed by atoms with E-state index >= 15 is 0 Å². The molecule has 0 heterocycles. The second-order valence-electron chi connectivity index (χ2n) is 3.24. The standard InChI is InChI=1S/C13H11ClO/c1-15-13-8-4-11(5-9-13)10-2-6-12(14)7-3-10/h2-9H,1H3. The van der Waals surface area contributed by atoms with Gasteiger partial charge in [0.1, 0.15) is 5.75 Å². The summed E-state index contributed by atoms with van der Waals surface area (Å²) in [5, 5.41) is 0.757. The summed E-state index contributed by atoms with van der Waals surface area (Å²) in [6.45, 7) is 0. The lowest BCUT2D eigenvalue weighted by Gasteiger charge is -2.03. The summed E-state index contributed by atoms with van der Waals surface area (Å²) in [4.78, 5) is 0. The third-order valence-corrected chi connectivity index (χ3v) is 2.52. The number of halogens is 1. The van der Waals surface area contributed by atoms with Crippen LogP contribution in [0.4, 0.5) is 0 Å². The van der Waals surface area contributed by atoms with E-state index in [4.69, 9.17) is 16.3 Å². The molecule has 0 aliphatic rings. The molecule has 2 heteroatoms. The van der Waals surface area contributed by atoms with Crippen molar-refractivity contribution in [2.45, 2.75) is 0 Å². The molecular weight excluding hydrogens is 208 g/mol. The van der Waals surface area contributed by atoms with E-state index in [1.165, 1.54) is 0 Å². The SMILES string of the molecule is COc1ccc(-c2ccc(Cl)cc2)cc1. The van der Waals surface area contributed by atoms with Gasteiger partial charge in [-0.3, -0.25) is 0 Å². The van der Waals surface area contributed by atoms with Crippen LogP contribution < -0.4 is 4.74 Å². The molecule has 0 unspecified atom stereocenters. The highest BCUT2D eigenvalue weighted by molar-refractivity contribution is 6.30. The van der Waals surface area contributed by atoms with Crippen molar-refractivity contribution in [3.8, 4) is 16.9 Å². The fraction of sp³-hybridized carbons (Fsp3) is 0.0769. The quantitative estimate of drug-likeness (QED) is 0.740. The van der Waals surface area contributed by atoms with Crippen molar-refractivity contribution in [1.82, 2.24) is 0 Å². The van der Waals surface area contributed by atoms with Crippen LogP contribution in [0, 0.1) is 0 Å². The number of hydrogen-bond donors (Lipinski definition) is 0.